The van der Waals surface area contributed by atoms with Crippen molar-refractivity contribution in [2.24, 2.45) is 0 Å². The van der Waals surface area contributed by atoms with E-state index in [2.05, 4.69) is 22.3 Å². The molecular weight excluding hydrogens is 360 g/mol. The predicted octanol–water partition coefficient (Wildman–Crippen LogP) is 4.48. The first kappa shape index (κ1) is 17.3. The van der Waals surface area contributed by atoms with Crippen molar-refractivity contribution in [2.45, 2.75) is 6.42 Å². The number of hydrogen-bond acceptors (Lipinski definition) is 5. The van der Waals surface area contributed by atoms with Gasteiger partial charge in [0.05, 0.1) is 23.4 Å². The van der Waals surface area contributed by atoms with Gasteiger partial charge in [-0.3, -0.25) is 4.79 Å². The van der Waals surface area contributed by atoms with Crippen LogP contribution in [-0.2, 0) is 11.2 Å². The van der Waals surface area contributed by atoms with Crippen molar-refractivity contribution < 1.29 is 14.3 Å². The SMILES string of the molecule is COC(=O)c1ccc(C(=O)Nc2ccccc2N2CCc3ccccc32)s1. The minimum absolute atomic E-state index is 0.241. The van der Waals surface area contributed by atoms with Crippen molar-refractivity contribution in [2.75, 3.05) is 23.9 Å². The molecular formula is C21H18N2O3S. The third kappa shape index (κ3) is 3.31. The summed E-state index contributed by atoms with van der Waals surface area (Å²) in [5.74, 6) is -0.678. The van der Waals surface area contributed by atoms with Gasteiger partial charge in [-0.05, 0) is 42.3 Å². The zero-order chi connectivity index (χ0) is 18.8. The first-order valence-electron chi connectivity index (χ1n) is 8.61. The molecule has 1 N–H and O–H groups in total. The largest absolute Gasteiger partial charge is 0.465 e. The molecule has 1 amide bonds. The summed E-state index contributed by atoms with van der Waals surface area (Å²) in [6, 6.07) is 19.3. The van der Waals surface area contributed by atoms with Gasteiger partial charge < -0.3 is 15.0 Å². The number of carbonyl (C=O) groups is 2. The number of hydrogen-bond donors (Lipinski definition) is 1. The number of nitrogens with zero attached hydrogens (tertiary/aromatic N) is 1. The van der Waals surface area contributed by atoms with Crippen molar-refractivity contribution in [1.29, 1.82) is 0 Å². The molecule has 2 heterocycles. The molecule has 0 fully saturated rings. The number of nitrogens with one attached hydrogen (secondary N) is 1. The quantitative estimate of drug-likeness (QED) is 0.680. The average Bonchev–Trinajstić information content (AvgIpc) is 3.35. The molecule has 0 saturated carbocycles. The van der Waals surface area contributed by atoms with Crippen LogP contribution in [0.2, 0.25) is 0 Å². The van der Waals surface area contributed by atoms with E-state index in [0.717, 1.165) is 35.7 Å². The standard InChI is InChI=1S/C21H18N2O3S/c1-26-21(25)19-11-10-18(27-19)20(24)22-15-7-3-5-9-17(15)23-13-12-14-6-2-4-8-16(14)23/h2-11H,12-13H2,1H3,(H,22,24). The Morgan fingerprint density at radius 3 is 2.48 bits per heavy atom. The van der Waals surface area contributed by atoms with Gasteiger partial charge in [0.25, 0.3) is 5.91 Å². The highest BCUT2D eigenvalue weighted by Gasteiger charge is 2.23. The van der Waals surface area contributed by atoms with Gasteiger partial charge in [0, 0.05) is 12.2 Å². The first-order chi connectivity index (χ1) is 13.2. The molecule has 0 spiro atoms. The highest BCUT2D eigenvalue weighted by Crippen LogP contribution is 2.38. The van der Waals surface area contributed by atoms with E-state index >= 15 is 0 Å². The van der Waals surface area contributed by atoms with E-state index in [0.29, 0.717) is 9.75 Å². The molecule has 5 nitrogen and oxygen atoms in total. The molecule has 0 saturated heterocycles. The second-order valence-corrected chi connectivity index (χ2v) is 7.24. The van der Waals surface area contributed by atoms with Crippen LogP contribution in [0.1, 0.15) is 24.9 Å². The Kier molecular flexibility index (Phi) is 4.64. The summed E-state index contributed by atoms with van der Waals surface area (Å²) < 4.78 is 4.70. The molecule has 1 aliphatic heterocycles. The number of carbonyl (C=O) groups excluding carboxylic acids is 2. The van der Waals surface area contributed by atoms with Gasteiger partial charge in [-0.2, -0.15) is 0 Å². The lowest BCUT2D eigenvalue weighted by atomic mass is 10.1. The number of ether oxygens (including phenoxy) is 1. The van der Waals surface area contributed by atoms with Crippen LogP contribution >= 0.6 is 11.3 Å². The van der Waals surface area contributed by atoms with Gasteiger partial charge in [-0.15, -0.1) is 11.3 Å². The summed E-state index contributed by atoms with van der Waals surface area (Å²) in [5.41, 5.74) is 4.18. The summed E-state index contributed by atoms with van der Waals surface area (Å²) in [7, 11) is 1.33. The minimum Gasteiger partial charge on any atom is -0.465 e. The molecule has 6 heteroatoms. The van der Waals surface area contributed by atoms with Crippen LogP contribution in [-0.4, -0.2) is 25.5 Å². The Morgan fingerprint density at radius 2 is 1.67 bits per heavy atom. The molecule has 0 atom stereocenters. The molecule has 136 valence electrons. The Labute approximate surface area is 161 Å². The lowest BCUT2D eigenvalue weighted by Crippen LogP contribution is -2.18. The lowest BCUT2D eigenvalue weighted by Gasteiger charge is -2.22. The molecule has 0 bridgehead atoms. The van der Waals surface area contributed by atoms with Crippen LogP contribution in [0.4, 0.5) is 17.1 Å². The van der Waals surface area contributed by atoms with Gasteiger partial charge in [0.15, 0.2) is 0 Å². The van der Waals surface area contributed by atoms with Crippen LogP contribution in [0, 0.1) is 0 Å². The van der Waals surface area contributed by atoms with Crippen molar-refractivity contribution in [3.8, 4) is 0 Å². The number of methoxy groups -OCH3 is 1. The third-order valence-electron chi connectivity index (χ3n) is 4.55. The van der Waals surface area contributed by atoms with Crippen LogP contribution in [0.25, 0.3) is 0 Å². The molecule has 0 unspecified atom stereocenters. The molecule has 2 aromatic carbocycles. The number of benzene rings is 2. The summed E-state index contributed by atoms with van der Waals surface area (Å²) in [4.78, 5) is 27.4. The topological polar surface area (TPSA) is 58.6 Å². The number of para-hydroxylation sites is 3. The van der Waals surface area contributed by atoms with Crippen molar-refractivity contribution >= 4 is 40.3 Å². The number of amides is 1. The van der Waals surface area contributed by atoms with E-state index in [9.17, 15) is 9.59 Å². The molecule has 3 aromatic rings. The fraction of sp³-hybridized carbons (Fsp3) is 0.143. The number of anilines is 3. The number of thiophene rings is 1. The van der Waals surface area contributed by atoms with E-state index in [1.807, 2.05) is 36.4 Å². The summed E-state index contributed by atoms with van der Waals surface area (Å²) >= 11 is 1.12. The predicted molar refractivity (Wildman–Crippen MR) is 107 cm³/mol. The molecule has 0 radical (unpaired) electrons. The third-order valence-corrected chi connectivity index (χ3v) is 5.61. The molecule has 1 aliphatic rings. The van der Waals surface area contributed by atoms with Gasteiger partial charge in [-0.25, -0.2) is 4.79 Å². The monoisotopic (exact) mass is 378 g/mol. The van der Waals surface area contributed by atoms with Crippen molar-refractivity contribution in [1.82, 2.24) is 0 Å². The normalized spacial score (nSPS) is 12.6. The van der Waals surface area contributed by atoms with Crippen LogP contribution in [0.5, 0.6) is 0 Å². The minimum atomic E-state index is -0.437. The van der Waals surface area contributed by atoms with Gasteiger partial charge in [-0.1, -0.05) is 30.3 Å². The zero-order valence-electron chi connectivity index (χ0n) is 14.8. The molecule has 27 heavy (non-hydrogen) atoms. The van der Waals surface area contributed by atoms with Crippen molar-refractivity contribution in [3.63, 3.8) is 0 Å². The maximum absolute atomic E-state index is 12.7. The first-order valence-corrected chi connectivity index (χ1v) is 9.43. The molecule has 0 aliphatic carbocycles. The van der Waals surface area contributed by atoms with E-state index in [1.165, 1.54) is 18.4 Å². The zero-order valence-corrected chi connectivity index (χ0v) is 15.6. The molecule has 4 rings (SSSR count). The van der Waals surface area contributed by atoms with Crippen molar-refractivity contribution in [3.05, 3.63) is 76.0 Å². The molecule has 1 aromatic heterocycles. The second-order valence-electron chi connectivity index (χ2n) is 6.16. The van der Waals surface area contributed by atoms with Crippen LogP contribution in [0.3, 0.4) is 0 Å². The van der Waals surface area contributed by atoms with E-state index in [-0.39, 0.29) is 5.91 Å². The van der Waals surface area contributed by atoms with E-state index in [4.69, 9.17) is 4.74 Å². The van der Waals surface area contributed by atoms with Crippen LogP contribution < -0.4 is 10.2 Å². The summed E-state index contributed by atoms with van der Waals surface area (Å²) in [5, 5.41) is 2.98. The van der Waals surface area contributed by atoms with Gasteiger partial charge >= 0.3 is 5.97 Å². The van der Waals surface area contributed by atoms with Crippen LogP contribution in [0.15, 0.2) is 60.7 Å². The Balaban J connectivity index is 1.60. The second kappa shape index (κ2) is 7.25. The lowest BCUT2D eigenvalue weighted by molar-refractivity contribution is 0.0606. The van der Waals surface area contributed by atoms with Gasteiger partial charge in [0.2, 0.25) is 0 Å². The smallest absolute Gasteiger partial charge is 0.348 e. The number of rotatable bonds is 4. The number of esters is 1. The maximum atomic E-state index is 12.7. The Morgan fingerprint density at radius 1 is 0.963 bits per heavy atom. The Bertz CT molecular complexity index is 1010. The Hall–Kier alpha value is -3.12. The fourth-order valence-corrected chi connectivity index (χ4v) is 4.08. The van der Waals surface area contributed by atoms with Gasteiger partial charge in [0.1, 0.15) is 4.88 Å². The van der Waals surface area contributed by atoms with E-state index in [1.54, 1.807) is 12.1 Å². The maximum Gasteiger partial charge on any atom is 0.348 e. The number of fused-ring (bicyclic) bond motifs is 1. The summed E-state index contributed by atoms with van der Waals surface area (Å²) in [6.45, 7) is 0.873. The highest BCUT2D eigenvalue weighted by atomic mass is 32.1. The summed E-state index contributed by atoms with van der Waals surface area (Å²) in [6.07, 6.45) is 0.978. The highest BCUT2D eigenvalue weighted by molar-refractivity contribution is 7.16. The fourth-order valence-electron chi connectivity index (χ4n) is 3.26. The van der Waals surface area contributed by atoms with E-state index < -0.39 is 5.97 Å². The average molecular weight is 378 g/mol.